The van der Waals surface area contributed by atoms with Crippen molar-refractivity contribution in [3.8, 4) is 0 Å². The molecule has 0 aromatic rings. The predicted molar refractivity (Wildman–Crippen MR) is 55.0 cm³/mol. The summed E-state index contributed by atoms with van der Waals surface area (Å²) in [5.74, 6) is 0. The largest absolute Gasteiger partial charge is 0.249 e. The van der Waals surface area contributed by atoms with E-state index in [0.717, 1.165) is 0 Å². The quantitative estimate of drug-likeness (QED) is 0.658. The van der Waals surface area contributed by atoms with Gasteiger partial charge >= 0.3 is 0 Å². The van der Waals surface area contributed by atoms with Crippen LogP contribution in [0.1, 0.15) is 48.5 Å². The highest BCUT2D eigenvalue weighted by Crippen LogP contribution is 2.07. The third-order valence-electron chi connectivity index (χ3n) is 1.58. The third kappa shape index (κ3) is 4.73. The number of hydrogen-bond acceptors (Lipinski definition) is 2. The standard InChI is InChI=1S/C10H24N2/c1-8(2)12(9(3)4)11-10(5,6)7/h8-9,11H,1-7H3. The minimum Gasteiger partial charge on any atom is -0.249 e. The van der Waals surface area contributed by atoms with Gasteiger partial charge in [0.05, 0.1) is 0 Å². The molecule has 2 nitrogen and oxygen atoms in total. The van der Waals surface area contributed by atoms with E-state index in [1.807, 2.05) is 0 Å². The molecule has 0 saturated heterocycles. The highest BCUT2D eigenvalue weighted by molar-refractivity contribution is 4.73. The molecule has 0 rings (SSSR count). The molecule has 0 saturated carbocycles. The minimum atomic E-state index is 0.161. The summed E-state index contributed by atoms with van der Waals surface area (Å²) in [5.41, 5.74) is 3.65. The van der Waals surface area contributed by atoms with Crippen LogP contribution in [0.4, 0.5) is 0 Å². The van der Waals surface area contributed by atoms with Gasteiger partial charge in [-0.2, -0.15) is 0 Å². The Balaban J connectivity index is 4.15. The van der Waals surface area contributed by atoms with Crippen LogP contribution >= 0.6 is 0 Å². The van der Waals surface area contributed by atoms with Gasteiger partial charge in [-0.05, 0) is 48.5 Å². The van der Waals surface area contributed by atoms with Crippen molar-refractivity contribution in [1.29, 1.82) is 0 Å². The molecule has 1 N–H and O–H groups in total. The zero-order valence-electron chi connectivity index (χ0n) is 9.60. The first-order chi connectivity index (χ1) is 5.24. The number of hydrogen-bond donors (Lipinski definition) is 1. The van der Waals surface area contributed by atoms with Crippen LogP contribution in [0.3, 0.4) is 0 Å². The van der Waals surface area contributed by atoms with Gasteiger partial charge in [0.15, 0.2) is 0 Å². The van der Waals surface area contributed by atoms with Crippen molar-refractivity contribution >= 4 is 0 Å². The number of rotatable bonds is 3. The number of nitrogens with zero attached hydrogens (tertiary/aromatic N) is 1. The zero-order chi connectivity index (χ0) is 9.94. The third-order valence-corrected chi connectivity index (χ3v) is 1.58. The molecular formula is C10H24N2. The van der Waals surface area contributed by atoms with Gasteiger partial charge in [-0.15, -0.1) is 0 Å². The number of nitrogens with one attached hydrogen (secondary N) is 1. The Morgan fingerprint density at radius 2 is 1.25 bits per heavy atom. The second-order valence-electron chi connectivity index (χ2n) is 4.96. The lowest BCUT2D eigenvalue weighted by Crippen LogP contribution is -2.55. The fraction of sp³-hybridized carbons (Fsp3) is 1.00. The summed E-state index contributed by atoms with van der Waals surface area (Å²) in [7, 11) is 0. The maximum Gasteiger partial charge on any atom is 0.0241 e. The molecule has 0 spiro atoms. The van der Waals surface area contributed by atoms with Gasteiger partial charge in [0.25, 0.3) is 0 Å². The first-order valence-corrected chi connectivity index (χ1v) is 4.80. The Kier molecular flexibility index (Phi) is 4.21. The molecule has 0 amide bonds. The van der Waals surface area contributed by atoms with Gasteiger partial charge in [0, 0.05) is 17.6 Å². The molecule has 0 fully saturated rings. The molecule has 2 heteroatoms. The molecule has 0 unspecified atom stereocenters. The number of hydrazine groups is 1. The van der Waals surface area contributed by atoms with E-state index in [1.54, 1.807) is 0 Å². The molecule has 0 aromatic carbocycles. The minimum absolute atomic E-state index is 0.161. The summed E-state index contributed by atoms with van der Waals surface area (Å²) in [6.45, 7) is 15.4. The van der Waals surface area contributed by atoms with Crippen molar-refractivity contribution in [3.63, 3.8) is 0 Å². The Morgan fingerprint density at radius 3 is 1.33 bits per heavy atom. The van der Waals surface area contributed by atoms with Gasteiger partial charge in [0.2, 0.25) is 0 Å². The van der Waals surface area contributed by atoms with Crippen LogP contribution in [0.15, 0.2) is 0 Å². The summed E-state index contributed by atoms with van der Waals surface area (Å²) in [6, 6.07) is 1.09. The van der Waals surface area contributed by atoms with Crippen molar-refractivity contribution in [1.82, 2.24) is 10.4 Å². The van der Waals surface area contributed by atoms with Gasteiger partial charge in [-0.1, -0.05) is 0 Å². The van der Waals surface area contributed by atoms with Crippen molar-refractivity contribution in [3.05, 3.63) is 0 Å². The van der Waals surface area contributed by atoms with E-state index in [4.69, 9.17) is 0 Å². The predicted octanol–water partition coefficient (Wildman–Crippen LogP) is 2.41. The van der Waals surface area contributed by atoms with Crippen LogP contribution in [0.5, 0.6) is 0 Å². The summed E-state index contributed by atoms with van der Waals surface area (Å²) in [4.78, 5) is 0. The molecule has 0 heterocycles. The maximum absolute atomic E-state index is 3.49. The van der Waals surface area contributed by atoms with E-state index in [0.29, 0.717) is 12.1 Å². The van der Waals surface area contributed by atoms with Crippen LogP contribution in [-0.4, -0.2) is 22.6 Å². The fourth-order valence-electron chi connectivity index (χ4n) is 1.24. The monoisotopic (exact) mass is 172 g/mol. The molecule has 0 aliphatic heterocycles. The van der Waals surface area contributed by atoms with Crippen LogP contribution in [-0.2, 0) is 0 Å². The van der Waals surface area contributed by atoms with Crippen LogP contribution < -0.4 is 5.43 Å². The van der Waals surface area contributed by atoms with E-state index in [2.05, 4.69) is 58.9 Å². The Labute approximate surface area is 77.3 Å². The smallest absolute Gasteiger partial charge is 0.0241 e. The average Bonchev–Trinajstić information content (AvgIpc) is 1.79. The highest BCUT2D eigenvalue weighted by atomic mass is 15.5. The lowest BCUT2D eigenvalue weighted by atomic mass is 10.1. The van der Waals surface area contributed by atoms with E-state index < -0.39 is 0 Å². The van der Waals surface area contributed by atoms with Crippen molar-refractivity contribution in [2.75, 3.05) is 0 Å². The molecule has 12 heavy (non-hydrogen) atoms. The normalized spacial score (nSPS) is 13.5. The highest BCUT2D eigenvalue weighted by Gasteiger charge is 2.19. The summed E-state index contributed by atoms with van der Waals surface area (Å²) in [6.07, 6.45) is 0. The second-order valence-corrected chi connectivity index (χ2v) is 4.96. The molecule has 0 aromatic heterocycles. The van der Waals surface area contributed by atoms with Crippen LogP contribution in [0.25, 0.3) is 0 Å². The zero-order valence-corrected chi connectivity index (χ0v) is 9.60. The van der Waals surface area contributed by atoms with E-state index in [1.165, 1.54) is 0 Å². The van der Waals surface area contributed by atoms with Gasteiger partial charge in [-0.25, -0.2) is 10.4 Å². The van der Waals surface area contributed by atoms with Gasteiger partial charge in [-0.3, -0.25) is 0 Å². The first-order valence-electron chi connectivity index (χ1n) is 4.80. The molecule has 0 aliphatic carbocycles. The SMILES string of the molecule is CC(C)N(NC(C)(C)C)C(C)C. The lowest BCUT2D eigenvalue weighted by molar-refractivity contribution is 0.0593. The van der Waals surface area contributed by atoms with E-state index >= 15 is 0 Å². The van der Waals surface area contributed by atoms with E-state index in [-0.39, 0.29) is 5.54 Å². The summed E-state index contributed by atoms with van der Waals surface area (Å²) < 4.78 is 0. The van der Waals surface area contributed by atoms with Crippen molar-refractivity contribution < 1.29 is 0 Å². The molecule has 0 radical (unpaired) electrons. The van der Waals surface area contributed by atoms with Crippen LogP contribution in [0, 0.1) is 0 Å². The lowest BCUT2D eigenvalue weighted by Gasteiger charge is -2.37. The molecule has 0 aliphatic rings. The second kappa shape index (κ2) is 4.24. The average molecular weight is 172 g/mol. The van der Waals surface area contributed by atoms with Crippen LogP contribution in [0.2, 0.25) is 0 Å². The Morgan fingerprint density at radius 1 is 0.917 bits per heavy atom. The Bertz CT molecular complexity index is 114. The van der Waals surface area contributed by atoms with Crippen molar-refractivity contribution in [2.24, 2.45) is 0 Å². The molecule has 0 bridgehead atoms. The fourth-order valence-corrected chi connectivity index (χ4v) is 1.24. The van der Waals surface area contributed by atoms with E-state index in [9.17, 15) is 0 Å². The van der Waals surface area contributed by atoms with Gasteiger partial charge in [0.1, 0.15) is 0 Å². The maximum atomic E-state index is 3.49. The van der Waals surface area contributed by atoms with Gasteiger partial charge < -0.3 is 0 Å². The molecular weight excluding hydrogens is 148 g/mol. The van der Waals surface area contributed by atoms with Crippen molar-refractivity contribution in [2.45, 2.75) is 66.1 Å². The molecule has 0 atom stereocenters. The summed E-state index contributed by atoms with van der Waals surface area (Å²) in [5, 5.41) is 2.29. The molecule has 74 valence electrons. The topological polar surface area (TPSA) is 15.3 Å². The Hall–Kier alpha value is -0.0800. The summed E-state index contributed by atoms with van der Waals surface area (Å²) >= 11 is 0. The first kappa shape index (κ1) is 11.9.